The Bertz CT molecular complexity index is 2030. The van der Waals surface area contributed by atoms with Crippen LogP contribution in [0, 0.1) is 11.8 Å². The number of halogens is 1. The van der Waals surface area contributed by atoms with Gasteiger partial charge in [-0.05, 0) is 24.1 Å². The number of aromatic nitrogens is 9. The highest BCUT2D eigenvalue weighted by atomic mass is 32.7. The molecule has 7 heterocycles. The van der Waals surface area contributed by atoms with Gasteiger partial charge in [-0.1, -0.05) is 12.2 Å². The maximum atomic E-state index is 16.0. The lowest BCUT2D eigenvalue weighted by Gasteiger charge is -2.45. The molecule has 1 saturated carbocycles. The molecule has 2 bridgehead atoms. The van der Waals surface area contributed by atoms with E-state index < -0.39 is 44.7 Å². The quantitative estimate of drug-likeness (QED) is 0.179. The van der Waals surface area contributed by atoms with E-state index in [1.807, 2.05) is 4.57 Å². The topological polar surface area (TPSA) is 201 Å². The summed E-state index contributed by atoms with van der Waals surface area (Å²) in [6.07, 6.45) is 3.88. The highest BCUT2D eigenvalue weighted by molar-refractivity contribution is 8.44. The molecule has 0 spiro atoms. The first kappa shape index (κ1) is 29.7. The molecule has 5 aromatic rings. The van der Waals surface area contributed by atoms with Crippen LogP contribution < -0.4 is 5.73 Å². The number of fused-ring (bicyclic) bond motifs is 7. The molecule has 3 aliphatic rings. The second-order valence-corrected chi connectivity index (χ2v) is 16.7. The fourth-order valence-electron chi connectivity index (χ4n) is 6.11. The number of thiol groups is 1. The van der Waals surface area contributed by atoms with Crippen molar-refractivity contribution in [3.05, 3.63) is 37.7 Å². The predicted octanol–water partition coefficient (Wildman–Crippen LogP) is 2.62. The zero-order valence-corrected chi connectivity index (χ0v) is 26.5. The Morgan fingerprint density at radius 3 is 2.62 bits per heavy atom. The number of anilines is 1. The summed E-state index contributed by atoms with van der Waals surface area (Å²) in [5.41, 5.74) is 8.22. The van der Waals surface area contributed by atoms with Crippen LogP contribution in [0.15, 0.2) is 37.7 Å². The van der Waals surface area contributed by atoms with Gasteiger partial charge >= 0.3 is 13.5 Å². The maximum absolute atomic E-state index is 16.0. The van der Waals surface area contributed by atoms with Crippen LogP contribution in [0.1, 0.15) is 18.7 Å². The molecule has 8 rings (SSSR count). The third kappa shape index (κ3) is 5.17. The van der Waals surface area contributed by atoms with E-state index in [2.05, 4.69) is 42.2 Å². The number of nitrogens with two attached hydrogens (primary N) is 1. The maximum Gasteiger partial charge on any atom is 0.386 e. The van der Waals surface area contributed by atoms with Crippen molar-refractivity contribution >= 4 is 71.4 Å². The molecule has 0 aromatic carbocycles. The van der Waals surface area contributed by atoms with Gasteiger partial charge in [-0.2, -0.15) is 0 Å². The lowest BCUT2D eigenvalue weighted by atomic mass is 9.70. The second kappa shape index (κ2) is 11.0. The summed E-state index contributed by atoms with van der Waals surface area (Å²) in [5.74, 6) is -0.301. The van der Waals surface area contributed by atoms with Crippen LogP contribution in [0.3, 0.4) is 0 Å². The molecule has 0 amide bonds. The lowest BCUT2D eigenvalue weighted by molar-refractivity contribution is -0.0450. The minimum Gasteiger partial charge on any atom is -0.382 e. The average molecular weight is 699 g/mol. The Hall–Kier alpha value is -2.64. The number of rotatable bonds is 2. The average Bonchev–Trinajstić information content (AvgIpc) is 3.77. The zero-order chi connectivity index (χ0) is 31.1. The van der Waals surface area contributed by atoms with Gasteiger partial charge in [-0.3, -0.25) is 18.0 Å². The third-order valence-electron chi connectivity index (χ3n) is 8.42. The fourth-order valence-corrected chi connectivity index (χ4v) is 8.73. The van der Waals surface area contributed by atoms with Gasteiger partial charge in [0.05, 0.1) is 32.5 Å². The van der Waals surface area contributed by atoms with Crippen LogP contribution in [0.4, 0.5) is 10.2 Å². The molecule has 1 aliphatic carbocycles. The summed E-state index contributed by atoms with van der Waals surface area (Å²) < 4.78 is 63.0. The molecule has 17 nitrogen and oxygen atoms in total. The van der Waals surface area contributed by atoms with Crippen molar-refractivity contribution in [3.8, 4) is 0 Å². The Morgan fingerprint density at radius 2 is 1.76 bits per heavy atom. The van der Waals surface area contributed by atoms with Crippen LogP contribution in [0.2, 0.25) is 0 Å². The van der Waals surface area contributed by atoms with Crippen LogP contribution in [0.5, 0.6) is 0 Å². The summed E-state index contributed by atoms with van der Waals surface area (Å²) in [6, 6.07) is -0.209. The monoisotopic (exact) mass is 698 g/mol. The van der Waals surface area contributed by atoms with Crippen molar-refractivity contribution in [3.63, 3.8) is 0 Å². The molecule has 238 valence electrons. The van der Waals surface area contributed by atoms with Crippen LogP contribution in [-0.4, -0.2) is 86.5 Å². The molecule has 0 radical (unpaired) electrons. The Labute approximate surface area is 263 Å². The molecule has 5 aromatic heterocycles. The molecule has 9 atom stereocenters. The first-order valence-electron chi connectivity index (χ1n) is 13.7. The number of hydrogen-bond donors (Lipinski definition) is 3. The van der Waals surface area contributed by atoms with Crippen molar-refractivity contribution in [1.29, 1.82) is 0 Å². The summed E-state index contributed by atoms with van der Waals surface area (Å²) in [7, 11) is 0. The molecule has 22 heteroatoms. The summed E-state index contributed by atoms with van der Waals surface area (Å²) >= 11 is 9.49. The number of alkyl halides is 1. The van der Waals surface area contributed by atoms with Gasteiger partial charge in [0.25, 0.3) is 0 Å². The molecular weight excluding hydrogens is 673 g/mol. The van der Waals surface area contributed by atoms with Gasteiger partial charge in [0, 0.05) is 24.4 Å². The van der Waals surface area contributed by atoms with Crippen LogP contribution in [-0.2, 0) is 39.2 Å². The van der Waals surface area contributed by atoms with Gasteiger partial charge in [0.2, 0.25) is 0 Å². The first-order chi connectivity index (χ1) is 21.6. The number of imidazole rings is 3. The number of nitrogen functional groups attached to an aromatic ring is 1. The molecule has 2 saturated heterocycles. The van der Waals surface area contributed by atoms with Crippen molar-refractivity contribution in [2.24, 2.45) is 11.8 Å². The smallest absolute Gasteiger partial charge is 0.382 e. The summed E-state index contributed by atoms with van der Waals surface area (Å²) in [6.45, 7) is -8.63. The van der Waals surface area contributed by atoms with E-state index in [0.29, 0.717) is 34.4 Å². The van der Waals surface area contributed by atoms with E-state index in [1.54, 1.807) is 23.1 Å². The van der Waals surface area contributed by atoms with Crippen molar-refractivity contribution < 1.29 is 36.7 Å². The van der Waals surface area contributed by atoms with Gasteiger partial charge in [0.1, 0.15) is 30.4 Å². The molecule has 3 unspecified atom stereocenters. The Kier molecular flexibility index (Phi) is 7.25. The van der Waals surface area contributed by atoms with E-state index in [9.17, 15) is 9.46 Å². The van der Waals surface area contributed by atoms with Crippen molar-refractivity contribution in [2.45, 2.75) is 37.1 Å². The van der Waals surface area contributed by atoms with Gasteiger partial charge in [-0.15, -0.1) is 0 Å². The molecular formula is C23H25FN10O7P2S2. The van der Waals surface area contributed by atoms with E-state index in [1.165, 1.54) is 23.5 Å². The van der Waals surface area contributed by atoms with Crippen molar-refractivity contribution in [1.82, 2.24) is 43.4 Å². The SMILES string of the molecule is Nc1ncnc2c1ncn2[C@@H]1CC2COP(O)(=S)O[C@@H]3[C@H](F)[C@@H](COP(=O)(S)OC[C@H]21)O[C@H]3n1cnc2c1ncn1ccnc21. The predicted molar refractivity (Wildman–Crippen MR) is 161 cm³/mol. The second-order valence-electron chi connectivity index (χ2n) is 10.9. The minimum absolute atomic E-state index is 0.0498. The molecule has 3 N–H and O–H groups in total. The first-order valence-corrected chi connectivity index (χ1v) is 19.0. The van der Waals surface area contributed by atoms with Crippen molar-refractivity contribution in [2.75, 3.05) is 25.6 Å². The molecule has 45 heavy (non-hydrogen) atoms. The van der Waals surface area contributed by atoms with E-state index in [-0.39, 0.29) is 36.9 Å². The van der Waals surface area contributed by atoms with Gasteiger partial charge < -0.3 is 29.0 Å². The lowest BCUT2D eigenvalue weighted by Crippen LogP contribution is -2.43. The number of ether oxygens (including phenoxy) is 1. The Morgan fingerprint density at radius 1 is 0.978 bits per heavy atom. The van der Waals surface area contributed by atoms with Gasteiger partial charge in [0.15, 0.2) is 40.7 Å². The summed E-state index contributed by atoms with van der Waals surface area (Å²) in [5, 5.41) is 0. The fraction of sp³-hybridized carbons (Fsp3) is 0.478. The highest BCUT2D eigenvalue weighted by Gasteiger charge is 2.52. The van der Waals surface area contributed by atoms with E-state index >= 15 is 4.39 Å². The normalized spacial score (nSPS) is 36.2. The van der Waals surface area contributed by atoms with Crippen LogP contribution >= 0.6 is 25.8 Å². The van der Waals surface area contributed by atoms with E-state index in [0.717, 1.165) is 0 Å². The standard InChI is InChI=1S/C23H25FN10O7P2S2/c24-15-14-6-39-42(35,44)38-5-12-11(3-13(12)33-9-29-16-19(25)27-7-28-21(16)33)4-37-43(36,45)41-18(15)23(40-14)34-10-30-17-20-26-1-2-32(20)8-31-22(17)34/h1-2,7-15,18,23H,3-6H2,(H,35,44)(H,36,45)(H2,25,27,28)/t11?,12-,13-,14-,15-,18-,23-,42?,43?/m1/s1. The van der Waals surface area contributed by atoms with Gasteiger partial charge in [-0.25, -0.2) is 38.9 Å². The molecule has 2 aliphatic heterocycles. The summed E-state index contributed by atoms with van der Waals surface area (Å²) in [4.78, 5) is 36.9. The third-order valence-corrected chi connectivity index (χ3v) is 11.6. The highest BCUT2D eigenvalue weighted by Crippen LogP contribution is 2.58. The Balaban J connectivity index is 1.09. The zero-order valence-electron chi connectivity index (χ0n) is 23.0. The largest absolute Gasteiger partial charge is 0.386 e. The molecule has 3 fully saturated rings. The minimum atomic E-state index is -4.02. The number of hydrogen-bond acceptors (Lipinski definition) is 14. The van der Waals surface area contributed by atoms with E-state index in [4.69, 9.17) is 40.4 Å². The van der Waals surface area contributed by atoms with Crippen LogP contribution in [0.25, 0.3) is 28.0 Å². The number of nitrogens with zero attached hydrogens (tertiary/aromatic N) is 9.